The van der Waals surface area contributed by atoms with Gasteiger partial charge < -0.3 is 15.0 Å². The normalized spacial score (nSPS) is 19.2. The van der Waals surface area contributed by atoms with Gasteiger partial charge in [-0.05, 0) is 30.7 Å². The molecule has 4 heteroatoms. The second-order valence-electron chi connectivity index (χ2n) is 6.34. The van der Waals surface area contributed by atoms with Crippen LogP contribution in [0.1, 0.15) is 27.2 Å². The molecule has 110 valence electrons. The molecule has 0 radical (unpaired) electrons. The maximum atomic E-state index is 11.9. The Bertz CT molecular complexity index is 462. The minimum atomic E-state index is -0.376. The van der Waals surface area contributed by atoms with Crippen molar-refractivity contribution in [3.8, 4) is 0 Å². The van der Waals surface area contributed by atoms with Crippen LogP contribution < -0.4 is 10.2 Å². The van der Waals surface area contributed by atoms with Crippen LogP contribution in [0.4, 0.5) is 11.4 Å². The Kier molecular flexibility index (Phi) is 4.33. The number of amides is 1. The van der Waals surface area contributed by atoms with Crippen LogP contribution in [0.2, 0.25) is 0 Å². The van der Waals surface area contributed by atoms with Crippen LogP contribution in [0.15, 0.2) is 24.3 Å². The number of nitrogens with zero attached hydrogens (tertiary/aromatic N) is 1. The highest BCUT2D eigenvalue weighted by Gasteiger charge is 2.23. The number of hydrogen-bond acceptors (Lipinski definition) is 3. The largest absolute Gasteiger partial charge is 0.380 e. The Morgan fingerprint density at radius 1 is 1.30 bits per heavy atom. The molecule has 0 bridgehead atoms. The Hall–Kier alpha value is -1.55. The number of carbonyl (C=O) groups excluding carboxylic acids is 1. The van der Waals surface area contributed by atoms with E-state index in [1.165, 1.54) is 5.69 Å². The average molecular weight is 276 g/mol. The summed E-state index contributed by atoms with van der Waals surface area (Å²) in [6, 6.07) is 8.02. The van der Waals surface area contributed by atoms with Crippen molar-refractivity contribution in [3.63, 3.8) is 0 Å². The number of ether oxygens (including phenoxy) is 1. The number of rotatable bonds is 3. The lowest BCUT2D eigenvalue weighted by Gasteiger charge is -2.20. The molecule has 1 aromatic carbocycles. The second kappa shape index (κ2) is 5.83. The van der Waals surface area contributed by atoms with Gasteiger partial charge in [-0.25, -0.2) is 0 Å². The van der Waals surface area contributed by atoms with Crippen LogP contribution in [-0.2, 0) is 9.53 Å². The predicted molar refractivity (Wildman–Crippen MR) is 82.2 cm³/mol. The van der Waals surface area contributed by atoms with Gasteiger partial charge in [-0.1, -0.05) is 20.8 Å². The highest BCUT2D eigenvalue weighted by Crippen LogP contribution is 2.24. The van der Waals surface area contributed by atoms with Crippen molar-refractivity contribution in [1.29, 1.82) is 0 Å². The Balaban J connectivity index is 1.98. The summed E-state index contributed by atoms with van der Waals surface area (Å²) in [4.78, 5) is 14.2. The van der Waals surface area contributed by atoms with E-state index in [9.17, 15) is 4.79 Å². The third kappa shape index (κ3) is 3.51. The lowest BCUT2D eigenvalue weighted by atomic mass is 9.95. The Morgan fingerprint density at radius 3 is 2.45 bits per heavy atom. The molecule has 1 amide bonds. The molecule has 1 fully saturated rings. The topological polar surface area (TPSA) is 41.6 Å². The summed E-state index contributed by atoms with van der Waals surface area (Å²) in [7, 11) is 1.76. The molecule has 1 heterocycles. The Labute approximate surface area is 121 Å². The number of carbonyl (C=O) groups is 1. The summed E-state index contributed by atoms with van der Waals surface area (Å²) < 4.78 is 5.38. The quantitative estimate of drug-likeness (QED) is 0.923. The molecule has 0 aliphatic carbocycles. The molecule has 1 aliphatic heterocycles. The molecule has 2 rings (SSSR count). The number of anilines is 2. The van der Waals surface area contributed by atoms with Crippen LogP contribution in [0.3, 0.4) is 0 Å². The fourth-order valence-corrected chi connectivity index (χ4v) is 2.23. The van der Waals surface area contributed by atoms with Gasteiger partial charge in [0.1, 0.15) is 0 Å². The predicted octanol–water partition coefficient (Wildman–Crippen LogP) is 2.90. The van der Waals surface area contributed by atoms with Crippen molar-refractivity contribution in [3.05, 3.63) is 24.3 Å². The smallest absolute Gasteiger partial charge is 0.229 e. The van der Waals surface area contributed by atoms with Gasteiger partial charge in [0.2, 0.25) is 5.91 Å². The molecule has 0 spiro atoms. The zero-order valence-corrected chi connectivity index (χ0v) is 12.8. The van der Waals surface area contributed by atoms with E-state index < -0.39 is 0 Å². The fourth-order valence-electron chi connectivity index (χ4n) is 2.23. The van der Waals surface area contributed by atoms with Crippen molar-refractivity contribution in [2.75, 3.05) is 30.4 Å². The van der Waals surface area contributed by atoms with Gasteiger partial charge in [0.05, 0.1) is 6.10 Å². The maximum Gasteiger partial charge on any atom is 0.229 e. The zero-order valence-electron chi connectivity index (χ0n) is 12.8. The molecule has 20 heavy (non-hydrogen) atoms. The minimum absolute atomic E-state index is 0.0332. The van der Waals surface area contributed by atoms with E-state index in [2.05, 4.69) is 22.3 Å². The summed E-state index contributed by atoms with van der Waals surface area (Å²) >= 11 is 0. The van der Waals surface area contributed by atoms with Crippen LogP contribution in [-0.4, -0.2) is 32.2 Å². The molecule has 1 saturated heterocycles. The molecular weight excluding hydrogens is 252 g/mol. The molecule has 0 unspecified atom stereocenters. The van der Waals surface area contributed by atoms with E-state index in [0.717, 1.165) is 25.2 Å². The van der Waals surface area contributed by atoms with E-state index in [1.807, 2.05) is 32.9 Å². The SMILES string of the molecule is CO[C@H]1CCN(c2ccc(NC(=O)C(C)(C)C)cc2)C1. The van der Waals surface area contributed by atoms with Gasteiger partial charge in [-0.3, -0.25) is 4.79 Å². The molecule has 0 saturated carbocycles. The first kappa shape index (κ1) is 14.9. The maximum absolute atomic E-state index is 11.9. The van der Waals surface area contributed by atoms with Gasteiger partial charge in [0.25, 0.3) is 0 Å². The summed E-state index contributed by atoms with van der Waals surface area (Å²) in [6.07, 6.45) is 1.40. The van der Waals surface area contributed by atoms with Crippen molar-refractivity contribution < 1.29 is 9.53 Å². The average Bonchev–Trinajstić information content (AvgIpc) is 2.87. The van der Waals surface area contributed by atoms with Crippen LogP contribution >= 0.6 is 0 Å². The standard InChI is InChI=1S/C16H24N2O2/c1-16(2,3)15(19)17-12-5-7-13(8-6-12)18-10-9-14(11-18)20-4/h5-8,14H,9-11H2,1-4H3,(H,17,19)/t14-/m0/s1. The van der Waals surface area contributed by atoms with Crippen molar-refractivity contribution in [1.82, 2.24) is 0 Å². The molecule has 1 aliphatic rings. The van der Waals surface area contributed by atoms with Crippen molar-refractivity contribution >= 4 is 17.3 Å². The number of benzene rings is 1. The highest BCUT2D eigenvalue weighted by molar-refractivity contribution is 5.94. The summed E-state index contributed by atoms with van der Waals surface area (Å²) in [5, 5.41) is 2.94. The third-order valence-corrected chi connectivity index (χ3v) is 3.65. The number of methoxy groups -OCH3 is 1. The molecule has 1 N–H and O–H groups in total. The van der Waals surface area contributed by atoms with Gasteiger partial charge in [-0.2, -0.15) is 0 Å². The van der Waals surface area contributed by atoms with Crippen LogP contribution in [0, 0.1) is 5.41 Å². The van der Waals surface area contributed by atoms with Crippen LogP contribution in [0.25, 0.3) is 0 Å². The van der Waals surface area contributed by atoms with E-state index in [4.69, 9.17) is 4.74 Å². The first-order valence-corrected chi connectivity index (χ1v) is 7.09. The van der Waals surface area contributed by atoms with Crippen molar-refractivity contribution in [2.24, 2.45) is 5.41 Å². The van der Waals surface area contributed by atoms with E-state index in [0.29, 0.717) is 6.10 Å². The molecule has 0 aromatic heterocycles. The lowest BCUT2D eigenvalue weighted by Crippen LogP contribution is -2.27. The molecule has 4 nitrogen and oxygen atoms in total. The van der Waals surface area contributed by atoms with E-state index >= 15 is 0 Å². The van der Waals surface area contributed by atoms with Gasteiger partial charge in [-0.15, -0.1) is 0 Å². The number of nitrogens with one attached hydrogen (secondary N) is 1. The van der Waals surface area contributed by atoms with E-state index in [-0.39, 0.29) is 11.3 Å². The first-order chi connectivity index (χ1) is 9.40. The molecule has 1 aromatic rings. The molecular formula is C16H24N2O2. The second-order valence-corrected chi connectivity index (χ2v) is 6.34. The molecule has 1 atom stereocenters. The third-order valence-electron chi connectivity index (χ3n) is 3.65. The lowest BCUT2D eigenvalue weighted by molar-refractivity contribution is -0.123. The fraction of sp³-hybridized carbons (Fsp3) is 0.562. The summed E-state index contributed by atoms with van der Waals surface area (Å²) in [5.41, 5.74) is 1.65. The summed E-state index contributed by atoms with van der Waals surface area (Å²) in [6.45, 7) is 7.68. The van der Waals surface area contributed by atoms with Gasteiger partial charge in [0.15, 0.2) is 0 Å². The highest BCUT2D eigenvalue weighted by atomic mass is 16.5. The summed E-state index contributed by atoms with van der Waals surface area (Å²) in [5.74, 6) is 0.0332. The van der Waals surface area contributed by atoms with Crippen molar-refractivity contribution in [2.45, 2.75) is 33.3 Å². The van der Waals surface area contributed by atoms with E-state index in [1.54, 1.807) is 7.11 Å². The first-order valence-electron chi connectivity index (χ1n) is 7.09. The zero-order chi connectivity index (χ0) is 14.8. The van der Waals surface area contributed by atoms with Gasteiger partial charge in [0, 0.05) is 37.0 Å². The van der Waals surface area contributed by atoms with Crippen LogP contribution in [0.5, 0.6) is 0 Å². The Morgan fingerprint density at radius 2 is 1.95 bits per heavy atom. The minimum Gasteiger partial charge on any atom is -0.380 e. The van der Waals surface area contributed by atoms with Gasteiger partial charge >= 0.3 is 0 Å². The monoisotopic (exact) mass is 276 g/mol. The number of hydrogen-bond donors (Lipinski definition) is 1.